The number of hydrogen-bond donors (Lipinski definition) is 2. The van der Waals surface area contributed by atoms with Gasteiger partial charge in [0.25, 0.3) is 0 Å². The molecular weight excluding hydrogens is 245 g/mol. The van der Waals surface area contributed by atoms with Crippen molar-refractivity contribution in [3.63, 3.8) is 0 Å². The normalized spacial score (nSPS) is 24.6. The molecule has 6 heteroatoms. The molecule has 1 rings (SSSR count). The number of carbonyl (C=O) groups is 1. The lowest BCUT2D eigenvalue weighted by Crippen LogP contribution is -2.43. The lowest BCUT2D eigenvalue weighted by molar-refractivity contribution is -0.182. The van der Waals surface area contributed by atoms with Crippen LogP contribution in [0.5, 0.6) is 0 Å². The highest BCUT2D eigenvalue weighted by Gasteiger charge is 2.41. The molecule has 0 saturated heterocycles. The third kappa shape index (κ3) is 5.08. The Bertz CT molecular complexity index is 284. The predicted octanol–water partition coefficient (Wildman–Crippen LogP) is 2.00. The number of halogens is 3. The third-order valence-electron chi connectivity index (χ3n) is 3.13. The quantitative estimate of drug-likeness (QED) is 0.589. The Hall–Kier alpha value is -1.04. The number of alkyl halides is 3. The highest BCUT2D eigenvalue weighted by atomic mass is 19.4. The van der Waals surface area contributed by atoms with Crippen molar-refractivity contribution in [3.05, 3.63) is 12.7 Å². The van der Waals surface area contributed by atoms with Crippen LogP contribution in [-0.4, -0.2) is 31.2 Å². The summed E-state index contributed by atoms with van der Waals surface area (Å²) in [6, 6.07) is -0.123. The summed E-state index contributed by atoms with van der Waals surface area (Å²) in [4.78, 5) is 11.4. The number of nitrogens with one attached hydrogen (secondary N) is 2. The predicted molar refractivity (Wildman–Crippen MR) is 63.0 cm³/mol. The van der Waals surface area contributed by atoms with Crippen LogP contribution in [0.25, 0.3) is 0 Å². The summed E-state index contributed by atoms with van der Waals surface area (Å²) < 4.78 is 37.3. The zero-order valence-electron chi connectivity index (χ0n) is 10.2. The first-order valence-electron chi connectivity index (χ1n) is 6.11. The minimum Gasteiger partial charge on any atom is -0.352 e. The van der Waals surface area contributed by atoms with Crippen molar-refractivity contribution in [2.75, 3.05) is 13.1 Å². The van der Waals surface area contributed by atoms with Gasteiger partial charge in [0.2, 0.25) is 5.91 Å². The van der Waals surface area contributed by atoms with Crippen molar-refractivity contribution in [3.8, 4) is 0 Å². The standard InChI is InChI=1S/C12H19F3N2O/c1-2-7-16-8-11(18)17-10-5-3-9(4-6-10)12(13,14)15/h2,9-10,16H,1,3-8H2,(H,17,18). The van der Waals surface area contributed by atoms with E-state index in [1.165, 1.54) is 0 Å². The van der Waals surface area contributed by atoms with Gasteiger partial charge in [-0.1, -0.05) is 6.08 Å². The molecule has 3 nitrogen and oxygen atoms in total. The Morgan fingerprint density at radius 1 is 1.28 bits per heavy atom. The second kappa shape index (κ2) is 6.78. The summed E-state index contributed by atoms with van der Waals surface area (Å²) in [6.07, 6.45) is -1.44. The van der Waals surface area contributed by atoms with Crippen LogP contribution in [-0.2, 0) is 4.79 Å². The van der Waals surface area contributed by atoms with Crippen molar-refractivity contribution in [2.45, 2.75) is 37.9 Å². The van der Waals surface area contributed by atoms with Gasteiger partial charge in [0, 0.05) is 12.6 Å². The third-order valence-corrected chi connectivity index (χ3v) is 3.13. The largest absolute Gasteiger partial charge is 0.391 e. The van der Waals surface area contributed by atoms with E-state index in [4.69, 9.17) is 0 Å². The number of amides is 1. The van der Waals surface area contributed by atoms with Crippen LogP contribution in [0.3, 0.4) is 0 Å². The fourth-order valence-electron chi connectivity index (χ4n) is 2.13. The van der Waals surface area contributed by atoms with Crippen LogP contribution in [0, 0.1) is 5.92 Å². The van der Waals surface area contributed by atoms with Gasteiger partial charge in [-0.3, -0.25) is 4.79 Å². The Balaban J connectivity index is 2.23. The van der Waals surface area contributed by atoms with Gasteiger partial charge in [0.15, 0.2) is 0 Å². The lowest BCUT2D eigenvalue weighted by Gasteiger charge is -2.30. The molecule has 0 unspecified atom stereocenters. The van der Waals surface area contributed by atoms with Gasteiger partial charge in [-0.15, -0.1) is 6.58 Å². The monoisotopic (exact) mass is 264 g/mol. The zero-order chi connectivity index (χ0) is 13.6. The molecule has 2 N–H and O–H groups in total. The van der Waals surface area contributed by atoms with E-state index >= 15 is 0 Å². The molecule has 0 aliphatic heterocycles. The molecule has 18 heavy (non-hydrogen) atoms. The van der Waals surface area contributed by atoms with Gasteiger partial charge >= 0.3 is 6.18 Å². The Morgan fingerprint density at radius 2 is 1.89 bits per heavy atom. The molecule has 1 aliphatic carbocycles. The maximum absolute atomic E-state index is 12.4. The maximum atomic E-state index is 12.4. The van der Waals surface area contributed by atoms with Crippen molar-refractivity contribution in [1.29, 1.82) is 0 Å². The molecular formula is C12H19F3N2O. The Morgan fingerprint density at radius 3 is 2.39 bits per heavy atom. The summed E-state index contributed by atoms with van der Waals surface area (Å²) in [5.74, 6) is -1.38. The average molecular weight is 264 g/mol. The van der Waals surface area contributed by atoms with E-state index in [9.17, 15) is 18.0 Å². The van der Waals surface area contributed by atoms with Crippen molar-refractivity contribution >= 4 is 5.91 Å². The zero-order valence-corrected chi connectivity index (χ0v) is 10.2. The molecule has 0 bridgehead atoms. The highest BCUT2D eigenvalue weighted by Crippen LogP contribution is 2.37. The number of rotatable bonds is 5. The highest BCUT2D eigenvalue weighted by molar-refractivity contribution is 5.78. The molecule has 1 saturated carbocycles. The summed E-state index contributed by atoms with van der Waals surface area (Å²) >= 11 is 0. The molecule has 1 fully saturated rings. The van der Waals surface area contributed by atoms with Gasteiger partial charge in [-0.2, -0.15) is 13.2 Å². The van der Waals surface area contributed by atoms with E-state index in [0.717, 1.165) is 0 Å². The molecule has 0 heterocycles. The molecule has 0 aromatic heterocycles. The van der Waals surface area contributed by atoms with E-state index in [1.807, 2.05) is 0 Å². The van der Waals surface area contributed by atoms with Crippen LogP contribution in [0.2, 0.25) is 0 Å². The first-order chi connectivity index (χ1) is 8.43. The molecule has 0 aromatic carbocycles. The second-order valence-electron chi connectivity index (χ2n) is 4.58. The Kier molecular flexibility index (Phi) is 5.65. The molecule has 0 radical (unpaired) electrons. The summed E-state index contributed by atoms with van der Waals surface area (Å²) in [5.41, 5.74) is 0. The van der Waals surface area contributed by atoms with Gasteiger partial charge in [-0.25, -0.2) is 0 Å². The molecule has 104 valence electrons. The smallest absolute Gasteiger partial charge is 0.352 e. The Labute approximate surface area is 105 Å². The van der Waals surface area contributed by atoms with Crippen molar-refractivity contribution < 1.29 is 18.0 Å². The van der Waals surface area contributed by atoms with Crippen molar-refractivity contribution in [1.82, 2.24) is 10.6 Å². The minimum atomic E-state index is -4.10. The SMILES string of the molecule is C=CCNCC(=O)NC1CCC(C(F)(F)F)CC1. The van der Waals surface area contributed by atoms with Gasteiger partial charge in [-0.05, 0) is 25.7 Å². The number of carbonyl (C=O) groups excluding carboxylic acids is 1. The average Bonchev–Trinajstić information content (AvgIpc) is 2.29. The molecule has 0 spiro atoms. The molecule has 0 aromatic rings. The van der Waals surface area contributed by atoms with E-state index in [1.54, 1.807) is 6.08 Å². The topological polar surface area (TPSA) is 41.1 Å². The first-order valence-corrected chi connectivity index (χ1v) is 6.11. The van der Waals surface area contributed by atoms with Crippen LogP contribution in [0.4, 0.5) is 13.2 Å². The van der Waals surface area contributed by atoms with Gasteiger partial charge in [0.1, 0.15) is 0 Å². The van der Waals surface area contributed by atoms with Crippen LogP contribution in [0.15, 0.2) is 12.7 Å². The summed E-state index contributed by atoms with van der Waals surface area (Å²) in [7, 11) is 0. The van der Waals surface area contributed by atoms with Gasteiger partial charge < -0.3 is 10.6 Å². The van der Waals surface area contributed by atoms with E-state index < -0.39 is 12.1 Å². The molecule has 1 aliphatic rings. The van der Waals surface area contributed by atoms with E-state index in [-0.39, 0.29) is 31.3 Å². The van der Waals surface area contributed by atoms with Crippen LogP contribution >= 0.6 is 0 Å². The van der Waals surface area contributed by atoms with Gasteiger partial charge in [0.05, 0.1) is 12.5 Å². The summed E-state index contributed by atoms with van der Waals surface area (Å²) in [5, 5.41) is 5.59. The van der Waals surface area contributed by atoms with E-state index in [2.05, 4.69) is 17.2 Å². The lowest BCUT2D eigenvalue weighted by atomic mass is 9.85. The van der Waals surface area contributed by atoms with Crippen LogP contribution in [0.1, 0.15) is 25.7 Å². The maximum Gasteiger partial charge on any atom is 0.391 e. The van der Waals surface area contributed by atoms with Crippen molar-refractivity contribution in [2.24, 2.45) is 5.92 Å². The number of hydrogen-bond acceptors (Lipinski definition) is 2. The fourth-order valence-corrected chi connectivity index (χ4v) is 2.13. The van der Waals surface area contributed by atoms with Crippen LogP contribution < -0.4 is 10.6 Å². The summed E-state index contributed by atoms with van der Waals surface area (Å²) in [6.45, 7) is 4.21. The minimum absolute atomic E-state index is 0.106. The molecule has 0 atom stereocenters. The first kappa shape index (κ1) is 15.0. The van der Waals surface area contributed by atoms with E-state index in [0.29, 0.717) is 19.4 Å². The fraction of sp³-hybridized carbons (Fsp3) is 0.750. The second-order valence-corrected chi connectivity index (χ2v) is 4.58. The molecule has 1 amide bonds.